The highest BCUT2D eigenvalue weighted by Crippen LogP contribution is 2.48. The Morgan fingerprint density at radius 1 is 1.29 bits per heavy atom. The van der Waals surface area contributed by atoms with Crippen LogP contribution in [0.2, 0.25) is 5.02 Å². The predicted molar refractivity (Wildman–Crippen MR) is 68.8 cm³/mol. The summed E-state index contributed by atoms with van der Waals surface area (Å²) in [5.74, 6) is 2.22. The second-order valence-corrected chi connectivity index (χ2v) is 5.82. The van der Waals surface area contributed by atoms with Gasteiger partial charge in [0, 0.05) is 6.54 Å². The lowest BCUT2D eigenvalue weighted by molar-refractivity contribution is 0.348. The Bertz CT molecular complexity index is 421. The van der Waals surface area contributed by atoms with Crippen molar-refractivity contribution in [3.05, 3.63) is 29.0 Å². The maximum absolute atomic E-state index is 13.7. The van der Waals surface area contributed by atoms with Crippen LogP contribution in [0.4, 0.5) is 10.1 Å². The maximum atomic E-state index is 13.7. The van der Waals surface area contributed by atoms with Gasteiger partial charge in [-0.3, -0.25) is 0 Å². The zero-order valence-electron chi connectivity index (χ0n) is 9.76. The summed E-state index contributed by atoms with van der Waals surface area (Å²) in [4.78, 5) is 0. The molecule has 2 aliphatic carbocycles. The molecule has 0 radical (unpaired) electrons. The summed E-state index contributed by atoms with van der Waals surface area (Å²) in [7, 11) is 0. The summed E-state index contributed by atoms with van der Waals surface area (Å²) in [5.41, 5.74) is 0.542. The number of fused-ring (bicyclic) bond motifs is 2. The standard InChI is InChI=1S/C14H17ClFN/c15-12-2-1-3-13(14(12)16)17-8-11-7-9-4-5-10(11)6-9/h1-3,9-11,17H,4-8H2. The molecular formula is C14H17ClFN. The van der Waals surface area contributed by atoms with Gasteiger partial charge < -0.3 is 5.32 Å². The van der Waals surface area contributed by atoms with Gasteiger partial charge in [0.25, 0.3) is 0 Å². The molecule has 1 aromatic rings. The van der Waals surface area contributed by atoms with Gasteiger partial charge in [0.1, 0.15) is 0 Å². The van der Waals surface area contributed by atoms with E-state index in [1.165, 1.54) is 25.7 Å². The third-order valence-electron chi connectivity index (χ3n) is 4.39. The van der Waals surface area contributed by atoms with Crippen molar-refractivity contribution in [1.82, 2.24) is 0 Å². The minimum absolute atomic E-state index is 0.197. The van der Waals surface area contributed by atoms with Crippen molar-refractivity contribution in [2.45, 2.75) is 25.7 Å². The van der Waals surface area contributed by atoms with Crippen molar-refractivity contribution in [2.75, 3.05) is 11.9 Å². The van der Waals surface area contributed by atoms with E-state index in [9.17, 15) is 4.39 Å². The number of halogens is 2. The Morgan fingerprint density at radius 2 is 2.18 bits per heavy atom. The lowest BCUT2D eigenvalue weighted by atomic mass is 9.89. The fourth-order valence-corrected chi connectivity index (χ4v) is 3.68. The van der Waals surface area contributed by atoms with E-state index in [2.05, 4.69) is 5.32 Å². The van der Waals surface area contributed by atoms with Crippen LogP contribution < -0.4 is 5.32 Å². The summed E-state index contributed by atoms with van der Waals surface area (Å²) < 4.78 is 13.7. The van der Waals surface area contributed by atoms with Crippen LogP contribution >= 0.6 is 11.6 Å². The summed E-state index contributed by atoms with van der Waals surface area (Å²) in [5, 5.41) is 3.42. The third kappa shape index (κ3) is 2.15. The van der Waals surface area contributed by atoms with E-state index < -0.39 is 0 Å². The number of anilines is 1. The van der Waals surface area contributed by atoms with Crippen molar-refractivity contribution < 1.29 is 4.39 Å². The quantitative estimate of drug-likeness (QED) is 0.846. The molecule has 2 fully saturated rings. The van der Waals surface area contributed by atoms with Crippen LogP contribution in [0.5, 0.6) is 0 Å². The van der Waals surface area contributed by atoms with Crippen molar-refractivity contribution in [2.24, 2.45) is 17.8 Å². The topological polar surface area (TPSA) is 12.0 Å². The van der Waals surface area contributed by atoms with Crippen molar-refractivity contribution >= 4 is 17.3 Å². The number of benzene rings is 1. The highest BCUT2D eigenvalue weighted by molar-refractivity contribution is 6.31. The number of hydrogen-bond acceptors (Lipinski definition) is 1. The molecule has 0 spiro atoms. The molecule has 1 N–H and O–H groups in total. The molecule has 0 heterocycles. The van der Waals surface area contributed by atoms with Crippen LogP contribution in [-0.2, 0) is 0 Å². The number of hydrogen-bond donors (Lipinski definition) is 1. The first-order chi connectivity index (χ1) is 8.24. The highest BCUT2D eigenvalue weighted by atomic mass is 35.5. The summed E-state index contributed by atoms with van der Waals surface area (Å²) in [6.07, 6.45) is 5.49. The third-order valence-corrected chi connectivity index (χ3v) is 4.68. The Morgan fingerprint density at radius 3 is 2.88 bits per heavy atom. The van der Waals surface area contributed by atoms with Gasteiger partial charge in [-0.25, -0.2) is 4.39 Å². The molecular weight excluding hydrogens is 237 g/mol. The highest BCUT2D eigenvalue weighted by Gasteiger charge is 2.39. The first-order valence-electron chi connectivity index (χ1n) is 6.42. The minimum Gasteiger partial charge on any atom is -0.382 e. The van der Waals surface area contributed by atoms with Crippen LogP contribution in [0.3, 0.4) is 0 Å². The Kier molecular flexibility index (Phi) is 2.99. The van der Waals surface area contributed by atoms with E-state index in [0.29, 0.717) is 5.69 Å². The van der Waals surface area contributed by atoms with Gasteiger partial charge in [0.15, 0.2) is 5.82 Å². The Labute approximate surface area is 106 Å². The minimum atomic E-state index is -0.322. The molecule has 3 rings (SSSR count). The van der Waals surface area contributed by atoms with E-state index in [1.807, 2.05) is 0 Å². The second-order valence-electron chi connectivity index (χ2n) is 5.42. The molecule has 3 heteroatoms. The molecule has 1 aromatic carbocycles. The fraction of sp³-hybridized carbons (Fsp3) is 0.571. The molecule has 3 atom stereocenters. The molecule has 0 aromatic heterocycles. The normalized spacial score (nSPS) is 30.8. The van der Waals surface area contributed by atoms with Gasteiger partial charge >= 0.3 is 0 Å². The lowest BCUT2D eigenvalue weighted by Gasteiger charge is -2.22. The lowest BCUT2D eigenvalue weighted by Crippen LogP contribution is -2.20. The van der Waals surface area contributed by atoms with Gasteiger partial charge in [0.2, 0.25) is 0 Å². The predicted octanol–water partition coefficient (Wildman–Crippen LogP) is 4.33. The molecule has 2 bridgehead atoms. The molecule has 2 saturated carbocycles. The van der Waals surface area contributed by atoms with Crippen LogP contribution in [0.1, 0.15) is 25.7 Å². The largest absolute Gasteiger partial charge is 0.382 e. The van der Waals surface area contributed by atoms with Gasteiger partial charge in [-0.2, -0.15) is 0 Å². The average Bonchev–Trinajstić information content (AvgIpc) is 2.93. The SMILES string of the molecule is Fc1c(Cl)cccc1NCC1CC2CCC1C2. The summed E-state index contributed by atoms with van der Waals surface area (Å²) in [6.45, 7) is 0.887. The summed E-state index contributed by atoms with van der Waals surface area (Å²) >= 11 is 5.76. The van der Waals surface area contributed by atoms with Crippen molar-refractivity contribution in [1.29, 1.82) is 0 Å². The molecule has 0 aliphatic heterocycles. The number of rotatable bonds is 3. The maximum Gasteiger partial charge on any atom is 0.164 e. The van der Waals surface area contributed by atoms with Crippen LogP contribution in [0.15, 0.2) is 18.2 Å². The Balaban J connectivity index is 1.62. The van der Waals surface area contributed by atoms with Gasteiger partial charge in [0.05, 0.1) is 10.7 Å². The molecule has 2 aliphatic rings. The molecule has 1 nitrogen and oxygen atoms in total. The average molecular weight is 254 g/mol. The molecule has 3 unspecified atom stereocenters. The van der Waals surface area contributed by atoms with Crippen molar-refractivity contribution in [3.8, 4) is 0 Å². The molecule has 92 valence electrons. The zero-order valence-corrected chi connectivity index (χ0v) is 10.5. The second kappa shape index (κ2) is 4.49. The first-order valence-corrected chi connectivity index (χ1v) is 6.79. The molecule has 0 saturated heterocycles. The summed E-state index contributed by atoms with van der Waals surface area (Å²) in [6, 6.07) is 5.13. The van der Waals surface area contributed by atoms with Gasteiger partial charge in [-0.05, 0) is 49.1 Å². The molecule has 17 heavy (non-hydrogen) atoms. The van der Waals surface area contributed by atoms with E-state index in [4.69, 9.17) is 11.6 Å². The van der Waals surface area contributed by atoms with Crippen LogP contribution in [0.25, 0.3) is 0 Å². The smallest absolute Gasteiger partial charge is 0.164 e. The van der Waals surface area contributed by atoms with Gasteiger partial charge in [-0.1, -0.05) is 24.1 Å². The van der Waals surface area contributed by atoms with E-state index in [1.54, 1.807) is 18.2 Å². The Hall–Kier alpha value is -0.760. The zero-order chi connectivity index (χ0) is 11.8. The van der Waals surface area contributed by atoms with E-state index in [-0.39, 0.29) is 10.8 Å². The first kappa shape index (κ1) is 11.3. The van der Waals surface area contributed by atoms with Gasteiger partial charge in [-0.15, -0.1) is 0 Å². The fourth-order valence-electron chi connectivity index (χ4n) is 3.51. The molecule has 0 amide bonds. The van der Waals surface area contributed by atoms with Crippen molar-refractivity contribution in [3.63, 3.8) is 0 Å². The van der Waals surface area contributed by atoms with Crippen LogP contribution in [-0.4, -0.2) is 6.54 Å². The van der Waals surface area contributed by atoms with Crippen LogP contribution in [0, 0.1) is 23.6 Å². The van der Waals surface area contributed by atoms with E-state index >= 15 is 0 Å². The van der Waals surface area contributed by atoms with E-state index in [0.717, 1.165) is 24.3 Å². The monoisotopic (exact) mass is 253 g/mol. The number of nitrogens with one attached hydrogen (secondary N) is 1.